The molecule has 1 aliphatic carbocycles. The molecule has 0 amide bonds. The summed E-state index contributed by atoms with van der Waals surface area (Å²) in [5.74, 6) is 0.630. The Kier molecular flexibility index (Phi) is 4.22. The van der Waals surface area contributed by atoms with Crippen LogP contribution in [0.2, 0.25) is 0 Å². The van der Waals surface area contributed by atoms with E-state index in [-0.39, 0.29) is 5.92 Å². The van der Waals surface area contributed by atoms with Crippen LogP contribution in [0.3, 0.4) is 0 Å². The number of benzene rings is 1. The number of rotatable bonds is 3. The molecule has 0 saturated heterocycles. The van der Waals surface area contributed by atoms with Crippen LogP contribution in [-0.4, -0.2) is 19.4 Å². The molecule has 1 unspecified atom stereocenters. The van der Waals surface area contributed by atoms with Crippen molar-refractivity contribution in [2.75, 3.05) is 18.5 Å². The van der Waals surface area contributed by atoms with E-state index in [2.05, 4.69) is 57.8 Å². The van der Waals surface area contributed by atoms with Crippen LogP contribution in [0, 0.1) is 25.2 Å². The molecule has 2 nitrogen and oxygen atoms in total. The van der Waals surface area contributed by atoms with E-state index in [0.29, 0.717) is 11.2 Å². The van der Waals surface area contributed by atoms with Crippen LogP contribution in [0.4, 0.5) is 5.69 Å². The molecule has 2 rings (SSSR count). The lowest BCUT2D eigenvalue weighted by molar-refractivity contribution is -0.126. The van der Waals surface area contributed by atoms with E-state index < -0.39 is 0 Å². The zero-order valence-corrected chi connectivity index (χ0v) is 13.5. The first-order valence-corrected chi connectivity index (χ1v) is 7.59. The Hall–Kier alpha value is -1.31. The predicted molar refractivity (Wildman–Crippen MR) is 85.3 cm³/mol. The number of carbonyl (C=O) groups excluding carboxylic acids is 1. The quantitative estimate of drug-likeness (QED) is 0.825. The van der Waals surface area contributed by atoms with E-state index in [1.165, 1.54) is 16.8 Å². The lowest BCUT2D eigenvalue weighted by Crippen LogP contribution is -2.37. The molecule has 110 valence electrons. The highest BCUT2D eigenvalue weighted by Crippen LogP contribution is 2.37. The zero-order valence-electron chi connectivity index (χ0n) is 13.5. The standard InChI is InChI=1S/C18H27NO/c1-13-8-14(2)10-16(9-13)19(5)12-15-11-18(3,4)7-6-17(15)20/h8-10,15H,6-7,11-12H2,1-5H3. The third kappa shape index (κ3) is 3.62. The van der Waals surface area contributed by atoms with E-state index in [0.717, 1.165) is 25.8 Å². The molecule has 1 atom stereocenters. The minimum atomic E-state index is 0.185. The fourth-order valence-corrected chi connectivity index (χ4v) is 3.32. The first-order valence-electron chi connectivity index (χ1n) is 7.59. The van der Waals surface area contributed by atoms with Crippen molar-refractivity contribution in [3.63, 3.8) is 0 Å². The van der Waals surface area contributed by atoms with E-state index in [1.54, 1.807) is 0 Å². The molecule has 0 aromatic heterocycles. The zero-order chi connectivity index (χ0) is 14.9. The maximum absolute atomic E-state index is 12.2. The van der Waals surface area contributed by atoms with Gasteiger partial charge in [0.1, 0.15) is 5.78 Å². The molecule has 0 aliphatic heterocycles. The molecular weight excluding hydrogens is 246 g/mol. The number of anilines is 1. The number of Topliss-reactive ketones (excluding diaryl/α,β-unsaturated/α-hetero) is 1. The molecule has 0 spiro atoms. The average molecular weight is 273 g/mol. The summed E-state index contributed by atoms with van der Waals surface area (Å²) in [5.41, 5.74) is 4.09. The van der Waals surface area contributed by atoms with Gasteiger partial charge in [-0.2, -0.15) is 0 Å². The van der Waals surface area contributed by atoms with Gasteiger partial charge in [-0.1, -0.05) is 19.9 Å². The summed E-state index contributed by atoms with van der Waals surface area (Å²) >= 11 is 0. The Balaban J connectivity index is 2.10. The van der Waals surface area contributed by atoms with Gasteiger partial charge >= 0.3 is 0 Å². The SMILES string of the molecule is Cc1cc(C)cc(N(C)CC2CC(C)(C)CCC2=O)c1. The molecular formula is C18H27NO. The van der Waals surface area contributed by atoms with Gasteiger partial charge < -0.3 is 4.90 Å². The topological polar surface area (TPSA) is 20.3 Å². The number of carbonyl (C=O) groups is 1. The number of aryl methyl sites for hydroxylation is 2. The lowest BCUT2D eigenvalue weighted by Gasteiger charge is -2.36. The van der Waals surface area contributed by atoms with Crippen LogP contribution in [0.5, 0.6) is 0 Å². The number of nitrogens with zero attached hydrogens (tertiary/aromatic N) is 1. The van der Waals surface area contributed by atoms with Gasteiger partial charge in [-0.15, -0.1) is 0 Å². The minimum Gasteiger partial charge on any atom is -0.374 e. The highest BCUT2D eigenvalue weighted by Gasteiger charge is 2.34. The van der Waals surface area contributed by atoms with E-state index in [1.807, 2.05) is 0 Å². The van der Waals surface area contributed by atoms with Gasteiger partial charge in [-0.05, 0) is 55.4 Å². The minimum absolute atomic E-state index is 0.185. The molecule has 0 heterocycles. The molecule has 1 aliphatic rings. The lowest BCUT2D eigenvalue weighted by atomic mass is 9.71. The molecule has 1 aromatic rings. The van der Waals surface area contributed by atoms with E-state index >= 15 is 0 Å². The van der Waals surface area contributed by atoms with Gasteiger partial charge in [0.15, 0.2) is 0 Å². The van der Waals surface area contributed by atoms with Gasteiger partial charge in [0.2, 0.25) is 0 Å². The van der Waals surface area contributed by atoms with Crippen molar-refractivity contribution >= 4 is 11.5 Å². The van der Waals surface area contributed by atoms with Gasteiger partial charge in [0.25, 0.3) is 0 Å². The molecule has 0 radical (unpaired) electrons. The van der Waals surface area contributed by atoms with Crippen LogP contribution in [-0.2, 0) is 4.79 Å². The Labute approximate surface area is 123 Å². The van der Waals surface area contributed by atoms with Crippen molar-refractivity contribution in [1.82, 2.24) is 0 Å². The number of hydrogen-bond acceptors (Lipinski definition) is 2. The van der Waals surface area contributed by atoms with Crippen LogP contribution in [0.25, 0.3) is 0 Å². The fraction of sp³-hybridized carbons (Fsp3) is 0.611. The molecule has 1 saturated carbocycles. The highest BCUT2D eigenvalue weighted by atomic mass is 16.1. The van der Waals surface area contributed by atoms with E-state index in [9.17, 15) is 4.79 Å². The molecule has 20 heavy (non-hydrogen) atoms. The molecule has 1 aromatic carbocycles. The molecule has 2 heteroatoms. The van der Waals surface area contributed by atoms with Crippen molar-refractivity contribution in [2.24, 2.45) is 11.3 Å². The second-order valence-electron chi connectivity index (χ2n) is 7.26. The number of ketones is 1. The summed E-state index contributed by atoms with van der Waals surface area (Å²) in [4.78, 5) is 14.4. The summed E-state index contributed by atoms with van der Waals surface area (Å²) < 4.78 is 0. The maximum atomic E-state index is 12.2. The monoisotopic (exact) mass is 273 g/mol. The van der Waals surface area contributed by atoms with Crippen molar-refractivity contribution in [3.8, 4) is 0 Å². The largest absolute Gasteiger partial charge is 0.374 e. The Morgan fingerprint density at radius 3 is 2.40 bits per heavy atom. The van der Waals surface area contributed by atoms with E-state index in [4.69, 9.17) is 0 Å². The first kappa shape index (κ1) is 15.1. The third-order valence-electron chi connectivity index (χ3n) is 4.44. The average Bonchev–Trinajstić information content (AvgIpc) is 2.32. The maximum Gasteiger partial charge on any atom is 0.137 e. The first-order chi connectivity index (χ1) is 9.27. The van der Waals surface area contributed by atoms with Crippen molar-refractivity contribution in [3.05, 3.63) is 29.3 Å². The molecule has 1 fully saturated rings. The summed E-state index contributed by atoms with van der Waals surface area (Å²) in [6.45, 7) is 9.65. The summed E-state index contributed by atoms with van der Waals surface area (Å²) in [5, 5.41) is 0. The second kappa shape index (κ2) is 5.59. The third-order valence-corrected chi connectivity index (χ3v) is 4.44. The Bertz CT molecular complexity index is 484. The second-order valence-corrected chi connectivity index (χ2v) is 7.26. The van der Waals surface area contributed by atoms with Crippen LogP contribution in [0.15, 0.2) is 18.2 Å². The van der Waals surface area contributed by atoms with Crippen molar-refractivity contribution in [2.45, 2.75) is 47.0 Å². The Morgan fingerprint density at radius 1 is 1.20 bits per heavy atom. The molecule has 0 N–H and O–H groups in total. The van der Waals surface area contributed by atoms with Gasteiger partial charge in [-0.25, -0.2) is 0 Å². The predicted octanol–water partition coefficient (Wildman–Crippen LogP) is 4.14. The normalized spacial score (nSPS) is 21.9. The van der Waals surface area contributed by atoms with Gasteiger partial charge in [0, 0.05) is 31.6 Å². The summed E-state index contributed by atoms with van der Waals surface area (Å²) in [7, 11) is 2.10. The van der Waals surface area contributed by atoms with Crippen molar-refractivity contribution < 1.29 is 4.79 Å². The summed E-state index contributed by atoms with van der Waals surface area (Å²) in [6, 6.07) is 6.59. The fourth-order valence-electron chi connectivity index (χ4n) is 3.32. The number of hydrogen-bond donors (Lipinski definition) is 0. The van der Waals surface area contributed by atoms with Crippen LogP contribution in [0.1, 0.15) is 44.2 Å². The smallest absolute Gasteiger partial charge is 0.137 e. The molecule has 0 bridgehead atoms. The Morgan fingerprint density at radius 2 is 1.80 bits per heavy atom. The van der Waals surface area contributed by atoms with Crippen LogP contribution < -0.4 is 4.90 Å². The highest BCUT2D eigenvalue weighted by molar-refractivity contribution is 5.82. The van der Waals surface area contributed by atoms with Crippen molar-refractivity contribution in [1.29, 1.82) is 0 Å². The summed E-state index contributed by atoms with van der Waals surface area (Å²) in [6.07, 6.45) is 2.80. The van der Waals surface area contributed by atoms with Gasteiger partial charge in [0.05, 0.1) is 0 Å². The van der Waals surface area contributed by atoms with Crippen LogP contribution >= 0.6 is 0 Å². The van der Waals surface area contributed by atoms with Gasteiger partial charge in [-0.3, -0.25) is 4.79 Å².